The van der Waals surface area contributed by atoms with Crippen molar-refractivity contribution in [2.75, 3.05) is 0 Å². The molecule has 1 atom stereocenters. The molecule has 106 valence electrons. The van der Waals surface area contributed by atoms with E-state index >= 15 is 0 Å². The summed E-state index contributed by atoms with van der Waals surface area (Å²) in [5.41, 5.74) is -0.273. The summed E-state index contributed by atoms with van der Waals surface area (Å²) in [5.74, 6) is -4.37. The van der Waals surface area contributed by atoms with E-state index < -0.39 is 29.4 Å². The zero-order valence-corrected chi connectivity index (χ0v) is 10.6. The lowest BCUT2D eigenvalue weighted by Gasteiger charge is -2.14. The monoisotopic (exact) mass is 284 g/mol. The van der Waals surface area contributed by atoms with Gasteiger partial charge in [-0.1, -0.05) is 24.3 Å². The van der Waals surface area contributed by atoms with Gasteiger partial charge in [-0.3, -0.25) is 0 Å². The van der Waals surface area contributed by atoms with Crippen LogP contribution < -0.4 is 0 Å². The van der Waals surface area contributed by atoms with Gasteiger partial charge in [-0.25, -0.2) is 17.6 Å². The van der Waals surface area contributed by atoms with Crippen molar-refractivity contribution in [2.24, 2.45) is 0 Å². The van der Waals surface area contributed by atoms with Crippen LogP contribution in [0, 0.1) is 30.2 Å². The van der Waals surface area contributed by atoms with Gasteiger partial charge >= 0.3 is 0 Å². The SMILES string of the molecule is Cc1ccc(C(O)Cc2cccc(F)c2F)c(F)c1F. The fourth-order valence-corrected chi connectivity index (χ4v) is 1.94. The molecule has 0 aromatic heterocycles. The van der Waals surface area contributed by atoms with Gasteiger partial charge in [0.1, 0.15) is 0 Å². The summed E-state index contributed by atoms with van der Waals surface area (Å²) in [6, 6.07) is 6.06. The van der Waals surface area contributed by atoms with Gasteiger partial charge in [0.05, 0.1) is 6.10 Å². The second kappa shape index (κ2) is 5.63. The molecular formula is C15H12F4O. The average molecular weight is 284 g/mol. The number of rotatable bonds is 3. The molecule has 0 bridgehead atoms. The predicted molar refractivity (Wildman–Crippen MR) is 66.1 cm³/mol. The molecule has 0 aliphatic carbocycles. The summed E-state index contributed by atoms with van der Waals surface area (Å²) in [4.78, 5) is 0. The van der Waals surface area contributed by atoms with Crippen LogP contribution in [0.4, 0.5) is 17.6 Å². The Morgan fingerprint density at radius 1 is 0.950 bits per heavy atom. The molecule has 1 unspecified atom stereocenters. The van der Waals surface area contributed by atoms with Gasteiger partial charge in [0.25, 0.3) is 0 Å². The second-order valence-electron chi connectivity index (χ2n) is 4.53. The molecule has 0 heterocycles. The standard InChI is InChI=1S/C15H12F4O/c1-8-5-6-10(15(19)13(8)17)12(20)7-9-3-2-4-11(16)14(9)18/h2-6,12,20H,7H2,1H3. The van der Waals surface area contributed by atoms with Gasteiger partial charge in [0, 0.05) is 12.0 Å². The van der Waals surface area contributed by atoms with E-state index in [0.29, 0.717) is 0 Å². The van der Waals surface area contributed by atoms with E-state index in [-0.39, 0.29) is 23.1 Å². The molecule has 0 aliphatic heterocycles. The van der Waals surface area contributed by atoms with E-state index in [1.807, 2.05) is 0 Å². The summed E-state index contributed by atoms with van der Waals surface area (Å²) in [7, 11) is 0. The van der Waals surface area contributed by atoms with Crippen molar-refractivity contribution in [3.05, 3.63) is 70.3 Å². The molecular weight excluding hydrogens is 272 g/mol. The normalized spacial score (nSPS) is 12.5. The maximum atomic E-state index is 13.7. The average Bonchev–Trinajstić information content (AvgIpc) is 2.41. The van der Waals surface area contributed by atoms with Crippen LogP contribution >= 0.6 is 0 Å². The highest BCUT2D eigenvalue weighted by Crippen LogP contribution is 2.25. The van der Waals surface area contributed by atoms with E-state index in [1.54, 1.807) is 0 Å². The number of halogens is 4. The molecule has 2 aromatic carbocycles. The Morgan fingerprint density at radius 3 is 2.35 bits per heavy atom. The van der Waals surface area contributed by atoms with Gasteiger partial charge < -0.3 is 5.11 Å². The number of hydrogen-bond acceptors (Lipinski definition) is 1. The second-order valence-corrected chi connectivity index (χ2v) is 4.53. The highest BCUT2D eigenvalue weighted by Gasteiger charge is 2.20. The first-order valence-corrected chi connectivity index (χ1v) is 5.97. The summed E-state index contributed by atoms with van der Waals surface area (Å²) in [6.45, 7) is 1.39. The van der Waals surface area contributed by atoms with Gasteiger partial charge in [-0.05, 0) is 24.1 Å². The van der Waals surface area contributed by atoms with Crippen molar-refractivity contribution in [2.45, 2.75) is 19.4 Å². The fourth-order valence-electron chi connectivity index (χ4n) is 1.94. The van der Waals surface area contributed by atoms with Crippen LogP contribution in [-0.4, -0.2) is 5.11 Å². The molecule has 20 heavy (non-hydrogen) atoms. The molecule has 0 saturated carbocycles. The Morgan fingerprint density at radius 2 is 1.65 bits per heavy atom. The zero-order valence-electron chi connectivity index (χ0n) is 10.6. The van der Waals surface area contributed by atoms with E-state index in [4.69, 9.17) is 0 Å². The molecule has 0 fully saturated rings. The smallest absolute Gasteiger partial charge is 0.164 e. The van der Waals surface area contributed by atoms with Crippen molar-refractivity contribution >= 4 is 0 Å². The number of aliphatic hydroxyl groups excluding tert-OH is 1. The molecule has 0 amide bonds. The van der Waals surface area contributed by atoms with E-state index in [0.717, 1.165) is 6.07 Å². The van der Waals surface area contributed by atoms with Gasteiger partial charge in [-0.15, -0.1) is 0 Å². The molecule has 2 aromatic rings. The molecule has 0 aliphatic rings. The van der Waals surface area contributed by atoms with E-state index in [2.05, 4.69) is 0 Å². The van der Waals surface area contributed by atoms with Crippen molar-refractivity contribution in [3.63, 3.8) is 0 Å². The Kier molecular flexibility index (Phi) is 4.09. The molecule has 5 heteroatoms. The minimum absolute atomic E-state index is 0.0992. The fraction of sp³-hybridized carbons (Fsp3) is 0.200. The maximum absolute atomic E-state index is 13.7. The third-order valence-electron chi connectivity index (χ3n) is 3.11. The van der Waals surface area contributed by atoms with Crippen LogP contribution in [0.25, 0.3) is 0 Å². The molecule has 2 rings (SSSR count). The van der Waals surface area contributed by atoms with Crippen LogP contribution in [-0.2, 0) is 6.42 Å². The van der Waals surface area contributed by atoms with Crippen LogP contribution in [0.15, 0.2) is 30.3 Å². The first-order valence-electron chi connectivity index (χ1n) is 5.97. The van der Waals surface area contributed by atoms with Gasteiger partial charge in [0.15, 0.2) is 23.3 Å². The molecule has 1 nitrogen and oxygen atoms in total. The van der Waals surface area contributed by atoms with E-state index in [9.17, 15) is 22.7 Å². The Labute approximate surface area is 113 Å². The largest absolute Gasteiger partial charge is 0.388 e. The number of hydrogen-bond donors (Lipinski definition) is 1. The topological polar surface area (TPSA) is 20.2 Å². The molecule has 0 radical (unpaired) electrons. The quantitative estimate of drug-likeness (QED) is 0.849. The minimum atomic E-state index is -1.46. The Balaban J connectivity index is 2.31. The highest BCUT2D eigenvalue weighted by molar-refractivity contribution is 5.29. The predicted octanol–water partition coefficient (Wildman–Crippen LogP) is 3.83. The lowest BCUT2D eigenvalue weighted by atomic mass is 9.99. The van der Waals surface area contributed by atoms with Crippen molar-refractivity contribution < 1.29 is 22.7 Å². The Hall–Kier alpha value is -1.88. The van der Waals surface area contributed by atoms with Crippen LogP contribution in [0.2, 0.25) is 0 Å². The highest BCUT2D eigenvalue weighted by atomic mass is 19.2. The van der Waals surface area contributed by atoms with Gasteiger partial charge in [0.2, 0.25) is 0 Å². The molecule has 0 spiro atoms. The van der Waals surface area contributed by atoms with Crippen molar-refractivity contribution in [1.82, 2.24) is 0 Å². The number of aryl methyl sites for hydroxylation is 1. The number of aliphatic hydroxyl groups is 1. The lowest BCUT2D eigenvalue weighted by molar-refractivity contribution is 0.170. The third kappa shape index (κ3) is 2.67. The number of benzene rings is 2. The summed E-state index contributed by atoms with van der Waals surface area (Å²) in [6.07, 6.45) is -1.80. The lowest BCUT2D eigenvalue weighted by Crippen LogP contribution is -2.08. The van der Waals surface area contributed by atoms with E-state index in [1.165, 1.54) is 31.2 Å². The Bertz CT molecular complexity index is 640. The maximum Gasteiger partial charge on any atom is 0.164 e. The molecule has 1 N–H and O–H groups in total. The minimum Gasteiger partial charge on any atom is -0.388 e. The first kappa shape index (κ1) is 14.5. The summed E-state index contributed by atoms with van der Waals surface area (Å²) in [5, 5.41) is 9.89. The van der Waals surface area contributed by atoms with Crippen LogP contribution in [0.5, 0.6) is 0 Å². The van der Waals surface area contributed by atoms with Crippen LogP contribution in [0.3, 0.4) is 0 Å². The molecule has 0 saturated heterocycles. The summed E-state index contributed by atoms with van der Waals surface area (Å²) < 4.78 is 53.6. The first-order chi connectivity index (χ1) is 9.41. The van der Waals surface area contributed by atoms with Crippen molar-refractivity contribution in [3.8, 4) is 0 Å². The van der Waals surface area contributed by atoms with Gasteiger partial charge in [-0.2, -0.15) is 0 Å². The summed E-state index contributed by atoms with van der Waals surface area (Å²) >= 11 is 0. The van der Waals surface area contributed by atoms with Crippen molar-refractivity contribution in [1.29, 1.82) is 0 Å². The third-order valence-corrected chi connectivity index (χ3v) is 3.11. The zero-order chi connectivity index (χ0) is 14.9. The van der Waals surface area contributed by atoms with Crippen LogP contribution in [0.1, 0.15) is 22.8 Å².